The molecule has 1 aliphatic carbocycles. The summed E-state index contributed by atoms with van der Waals surface area (Å²) in [4.78, 5) is 0. The average molecular weight is 300 g/mol. The van der Waals surface area contributed by atoms with Crippen LogP contribution in [0.2, 0.25) is 0 Å². The lowest BCUT2D eigenvalue weighted by Crippen LogP contribution is -2.45. The minimum absolute atomic E-state index is 0.0326. The Kier molecular flexibility index (Phi) is 8.22. The Hall–Kier alpha value is -0.120. The number of ether oxygens (including phenoxy) is 3. The highest BCUT2D eigenvalue weighted by atomic mass is 16.5. The SMILES string of the molecule is CCC(C)C(COC)(COC)COC1C(C)CCCC1C. The summed E-state index contributed by atoms with van der Waals surface area (Å²) in [7, 11) is 3.55. The summed E-state index contributed by atoms with van der Waals surface area (Å²) in [6.07, 6.45) is 5.43. The zero-order valence-corrected chi connectivity index (χ0v) is 15.0. The zero-order valence-electron chi connectivity index (χ0n) is 15.0. The van der Waals surface area contributed by atoms with Gasteiger partial charge in [0.2, 0.25) is 0 Å². The first-order chi connectivity index (χ1) is 10.0. The van der Waals surface area contributed by atoms with Crippen LogP contribution in [0.15, 0.2) is 0 Å². The largest absolute Gasteiger partial charge is 0.384 e. The van der Waals surface area contributed by atoms with E-state index in [1.807, 2.05) is 0 Å². The Labute approximate surface area is 131 Å². The Bertz CT molecular complexity index is 264. The van der Waals surface area contributed by atoms with Crippen molar-refractivity contribution in [2.75, 3.05) is 34.0 Å². The predicted molar refractivity (Wildman–Crippen MR) is 87.6 cm³/mol. The van der Waals surface area contributed by atoms with Crippen LogP contribution in [0, 0.1) is 23.2 Å². The zero-order chi connectivity index (χ0) is 15.9. The van der Waals surface area contributed by atoms with Crippen molar-refractivity contribution in [3.63, 3.8) is 0 Å². The van der Waals surface area contributed by atoms with Crippen molar-refractivity contribution < 1.29 is 14.2 Å². The molecule has 1 saturated carbocycles. The van der Waals surface area contributed by atoms with Crippen LogP contribution in [0.25, 0.3) is 0 Å². The fraction of sp³-hybridized carbons (Fsp3) is 1.00. The van der Waals surface area contributed by atoms with E-state index in [4.69, 9.17) is 14.2 Å². The van der Waals surface area contributed by atoms with Gasteiger partial charge in [-0.1, -0.05) is 40.5 Å². The molecular formula is C18H36O3. The normalized spacial score (nSPS) is 28.6. The molecule has 0 N–H and O–H groups in total. The van der Waals surface area contributed by atoms with Crippen LogP contribution < -0.4 is 0 Å². The maximum atomic E-state index is 6.44. The van der Waals surface area contributed by atoms with Crippen molar-refractivity contribution >= 4 is 0 Å². The van der Waals surface area contributed by atoms with Gasteiger partial charge in [0.15, 0.2) is 0 Å². The van der Waals surface area contributed by atoms with Crippen LogP contribution in [0.5, 0.6) is 0 Å². The Morgan fingerprint density at radius 1 is 1.00 bits per heavy atom. The Morgan fingerprint density at radius 3 is 1.95 bits per heavy atom. The lowest BCUT2D eigenvalue weighted by molar-refractivity contribution is -0.125. The van der Waals surface area contributed by atoms with E-state index in [1.54, 1.807) is 14.2 Å². The minimum Gasteiger partial charge on any atom is -0.384 e. The number of methoxy groups -OCH3 is 2. The minimum atomic E-state index is -0.0326. The highest BCUT2D eigenvalue weighted by Gasteiger charge is 2.38. The van der Waals surface area contributed by atoms with E-state index in [2.05, 4.69) is 27.7 Å². The predicted octanol–water partition coefficient (Wildman–Crippen LogP) is 4.15. The Balaban J connectivity index is 2.74. The summed E-state index contributed by atoms with van der Waals surface area (Å²) >= 11 is 0. The van der Waals surface area contributed by atoms with E-state index in [-0.39, 0.29) is 5.41 Å². The molecule has 0 aromatic heterocycles. The third-order valence-electron chi connectivity index (χ3n) is 5.53. The van der Waals surface area contributed by atoms with Crippen molar-refractivity contribution in [2.24, 2.45) is 23.2 Å². The van der Waals surface area contributed by atoms with Crippen molar-refractivity contribution in [1.82, 2.24) is 0 Å². The van der Waals surface area contributed by atoms with Crippen LogP contribution in [0.1, 0.15) is 53.4 Å². The monoisotopic (exact) mass is 300 g/mol. The molecular weight excluding hydrogens is 264 g/mol. The third-order valence-corrected chi connectivity index (χ3v) is 5.53. The maximum absolute atomic E-state index is 6.44. The molecule has 0 radical (unpaired) electrons. The van der Waals surface area contributed by atoms with Gasteiger partial charge in [-0.05, 0) is 30.6 Å². The van der Waals surface area contributed by atoms with Gasteiger partial charge in [-0.15, -0.1) is 0 Å². The summed E-state index contributed by atoms with van der Waals surface area (Å²) in [6, 6.07) is 0. The first kappa shape index (κ1) is 18.9. The van der Waals surface area contributed by atoms with E-state index in [1.165, 1.54) is 19.3 Å². The molecule has 0 amide bonds. The summed E-state index contributed by atoms with van der Waals surface area (Å²) in [6.45, 7) is 11.3. The molecule has 3 atom stereocenters. The molecule has 0 bridgehead atoms. The quantitative estimate of drug-likeness (QED) is 0.640. The van der Waals surface area contributed by atoms with Gasteiger partial charge in [-0.3, -0.25) is 0 Å². The molecule has 0 aliphatic heterocycles. The van der Waals surface area contributed by atoms with E-state index in [0.717, 1.165) is 13.0 Å². The van der Waals surface area contributed by atoms with Crippen molar-refractivity contribution in [3.8, 4) is 0 Å². The molecule has 3 nitrogen and oxygen atoms in total. The van der Waals surface area contributed by atoms with Gasteiger partial charge < -0.3 is 14.2 Å². The van der Waals surface area contributed by atoms with Gasteiger partial charge >= 0.3 is 0 Å². The van der Waals surface area contributed by atoms with Gasteiger partial charge in [-0.25, -0.2) is 0 Å². The Morgan fingerprint density at radius 2 is 1.52 bits per heavy atom. The van der Waals surface area contributed by atoms with Crippen molar-refractivity contribution in [1.29, 1.82) is 0 Å². The van der Waals surface area contributed by atoms with Gasteiger partial charge in [-0.2, -0.15) is 0 Å². The molecule has 126 valence electrons. The molecule has 1 aliphatic rings. The molecule has 0 spiro atoms. The van der Waals surface area contributed by atoms with Crippen LogP contribution >= 0.6 is 0 Å². The average Bonchev–Trinajstić information content (AvgIpc) is 2.46. The molecule has 3 unspecified atom stereocenters. The molecule has 3 heteroatoms. The smallest absolute Gasteiger partial charge is 0.0626 e. The van der Waals surface area contributed by atoms with E-state index >= 15 is 0 Å². The van der Waals surface area contributed by atoms with Crippen LogP contribution in [0.3, 0.4) is 0 Å². The molecule has 0 aromatic carbocycles. The topological polar surface area (TPSA) is 27.7 Å². The number of rotatable bonds is 9. The van der Waals surface area contributed by atoms with Gasteiger partial charge in [0, 0.05) is 19.6 Å². The fourth-order valence-corrected chi connectivity index (χ4v) is 3.80. The number of hydrogen-bond donors (Lipinski definition) is 0. The third kappa shape index (κ3) is 4.94. The van der Waals surface area contributed by atoms with Crippen LogP contribution in [-0.4, -0.2) is 40.1 Å². The van der Waals surface area contributed by atoms with Crippen molar-refractivity contribution in [3.05, 3.63) is 0 Å². The first-order valence-corrected chi connectivity index (χ1v) is 8.60. The standard InChI is InChI=1S/C18H36O3/c1-7-16(4)18(11-19-5,12-20-6)13-21-17-14(2)9-8-10-15(17)3/h14-17H,7-13H2,1-6H3. The van der Waals surface area contributed by atoms with E-state index in [9.17, 15) is 0 Å². The molecule has 0 aromatic rings. The second-order valence-corrected chi connectivity index (χ2v) is 7.20. The van der Waals surface area contributed by atoms with Crippen molar-refractivity contribution in [2.45, 2.75) is 59.5 Å². The fourth-order valence-electron chi connectivity index (χ4n) is 3.80. The first-order valence-electron chi connectivity index (χ1n) is 8.60. The van der Waals surface area contributed by atoms with Gasteiger partial charge in [0.05, 0.1) is 25.9 Å². The summed E-state index contributed by atoms with van der Waals surface area (Å²) < 4.78 is 17.5. The molecule has 1 fully saturated rings. The molecule has 0 saturated heterocycles. The van der Waals surface area contributed by atoms with Gasteiger partial charge in [0.25, 0.3) is 0 Å². The lowest BCUT2D eigenvalue weighted by atomic mass is 9.76. The second-order valence-electron chi connectivity index (χ2n) is 7.20. The van der Waals surface area contributed by atoms with Gasteiger partial charge in [0.1, 0.15) is 0 Å². The lowest BCUT2D eigenvalue weighted by Gasteiger charge is -2.41. The van der Waals surface area contributed by atoms with E-state index in [0.29, 0.717) is 37.1 Å². The summed E-state index contributed by atoms with van der Waals surface area (Å²) in [5, 5.41) is 0. The highest BCUT2D eigenvalue weighted by molar-refractivity contribution is 4.86. The second kappa shape index (κ2) is 9.12. The molecule has 21 heavy (non-hydrogen) atoms. The van der Waals surface area contributed by atoms with Crippen LogP contribution in [-0.2, 0) is 14.2 Å². The highest BCUT2D eigenvalue weighted by Crippen LogP contribution is 2.36. The summed E-state index contributed by atoms with van der Waals surface area (Å²) in [5.41, 5.74) is -0.0326. The molecule has 0 heterocycles. The van der Waals surface area contributed by atoms with E-state index < -0.39 is 0 Å². The summed E-state index contributed by atoms with van der Waals surface area (Å²) in [5.74, 6) is 1.84. The van der Waals surface area contributed by atoms with Crippen LogP contribution in [0.4, 0.5) is 0 Å². The maximum Gasteiger partial charge on any atom is 0.0626 e. The molecule has 1 rings (SSSR count). The number of hydrogen-bond acceptors (Lipinski definition) is 3.